The molecule has 1 N–H and O–H groups in total. The first-order valence-corrected chi connectivity index (χ1v) is 6.75. The molecule has 0 aliphatic carbocycles. The molecule has 0 atom stereocenters. The molecule has 0 aliphatic heterocycles. The predicted octanol–water partition coefficient (Wildman–Crippen LogP) is 3.47. The molecule has 0 unspecified atom stereocenters. The van der Waals surface area contributed by atoms with E-state index in [1.54, 1.807) is 0 Å². The number of esters is 1. The van der Waals surface area contributed by atoms with Gasteiger partial charge in [-0.05, 0) is 13.0 Å². The number of benzene rings is 1. The number of hydrogen-bond acceptors (Lipinski definition) is 6. The van der Waals surface area contributed by atoms with E-state index < -0.39 is 46.1 Å². The lowest BCUT2D eigenvalue weighted by Gasteiger charge is -2.09. The third-order valence-corrected chi connectivity index (χ3v) is 2.86. The van der Waals surface area contributed by atoms with Gasteiger partial charge in [0.25, 0.3) is 0 Å². The third kappa shape index (κ3) is 3.84. The molecule has 25 heavy (non-hydrogen) atoms. The maximum absolute atomic E-state index is 13.8. The number of carbonyl (C=O) groups excluding carboxylic acids is 1. The van der Waals surface area contributed by atoms with Gasteiger partial charge in [0.2, 0.25) is 0 Å². The van der Waals surface area contributed by atoms with Crippen molar-refractivity contribution in [3.63, 3.8) is 0 Å². The molecule has 10 heteroatoms. The number of aliphatic imine (C=N–C) groups is 1. The topological polar surface area (TPSA) is 84.9 Å². The normalized spacial score (nSPS) is 12.4. The molecule has 0 fully saturated rings. The molecule has 0 aliphatic rings. The molecular formula is C15H10F4N2O4. The van der Waals surface area contributed by atoms with E-state index in [9.17, 15) is 27.5 Å². The standard InChI is InChI=1S/C15H10F4N2O4/c1-2-24-15(23)8(6-20-10-3-4-25-21-10)14(22)7-5-9(16)12(18)13(19)11(7)17/h3-6,22H,2H2,1H3. The first-order valence-electron chi connectivity index (χ1n) is 6.75. The molecule has 0 saturated carbocycles. The average molecular weight is 358 g/mol. The van der Waals surface area contributed by atoms with Crippen LogP contribution in [0.5, 0.6) is 0 Å². The quantitative estimate of drug-likeness (QED) is 0.168. The summed E-state index contributed by atoms with van der Waals surface area (Å²) in [5.74, 6) is -10.2. The van der Waals surface area contributed by atoms with E-state index >= 15 is 0 Å². The largest absolute Gasteiger partial charge is 0.506 e. The first kappa shape index (κ1) is 18.2. The van der Waals surface area contributed by atoms with Crippen molar-refractivity contribution in [2.24, 2.45) is 4.99 Å². The van der Waals surface area contributed by atoms with E-state index in [2.05, 4.69) is 19.4 Å². The monoisotopic (exact) mass is 358 g/mol. The van der Waals surface area contributed by atoms with Crippen molar-refractivity contribution in [1.82, 2.24) is 5.16 Å². The van der Waals surface area contributed by atoms with Crippen LogP contribution in [0.15, 0.2) is 33.5 Å². The summed E-state index contributed by atoms with van der Waals surface area (Å²) in [6.07, 6.45) is 1.91. The number of aliphatic hydroxyl groups excluding tert-OH is 1. The van der Waals surface area contributed by atoms with Crippen LogP contribution in [0.25, 0.3) is 5.76 Å². The molecule has 6 nitrogen and oxygen atoms in total. The van der Waals surface area contributed by atoms with Crippen LogP contribution < -0.4 is 0 Å². The molecule has 1 aromatic carbocycles. The van der Waals surface area contributed by atoms with Gasteiger partial charge in [0.05, 0.1) is 12.2 Å². The zero-order chi connectivity index (χ0) is 18.6. The number of aliphatic hydroxyl groups is 1. The van der Waals surface area contributed by atoms with Gasteiger partial charge < -0.3 is 14.4 Å². The van der Waals surface area contributed by atoms with Crippen molar-refractivity contribution in [3.8, 4) is 0 Å². The maximum atomic E-state index is 13.8. The number of rotatable bonds is 5. The third-order valence-electron chi connectivity index (χ3n) is 2.86. The van der Waals surface area contributed by atoms with Gasteiger partial charge in [-0.15, -0.1) is 0 Å². The average Bonchev–Trinajstić information content (AvgIpc) is 3.10. The minimum absolute atomic E-state index is 0.00784. The smallest absolute Gasteiger partial charge is 0.343 e. The van der Waals surface area contributed by atoms with Gasteiger partial charge in [0.15, 0.2) is 29.1 Å². The Balaban J connectivity index is 2.59. The molecular weight excluding hydrogens is 348 g/mol. The van der Waals surface area contributed by atoms with E-state index in [0.717, 1.165) is 6.21 Å². The minimum atomic E-state index is -2.14. The molecule has 1 aromatic heterocycles. The summed E-state index contributed by atoms with van der Waals surface area (Å²) in [7, 11) is 0. The van der Waals surface area contributed by atoms with E-state index in [4.69, 9.17) is 0 Å². The Morgan fingerprint density at radius 2 is 2.04 bits per heavy atom. The van der Waals surface area contributed by atoms with Gasteiger partial charge in [-0.1, -0.05) is 5.16 Å². The van der Waals surface area contributed by atoms with Gasteiger partial charge in [-0.3, -0.25) is 0 Å². The lowest BCUT2D eigenvalue weighted by Crippen LogP contribution is -2.12. The van der Waals surface area contributed by atoms with Gasteiger partial charge in [-0.2, -0.15) is 0 Å². The van der Waals surface area contributed by atoms with Crippen molar-refractivity contribution in [3.05, 3.63) is 52.8 Å². The van der Waals surface area contributed by atoms with Crippen molar-refractivity contribution in [2.45, 2.75) is 6.92 Å². The number of aromatic nitrogens is 1. The van der Waals surface area contributed by atoms with Crippen LogP contribution >= 0.6 is 0 Å². The minimum Gasteiger partial charge on any atom is -0.506 e. The maximum Gasteiger partial charge on any atom is 0.343 e. The summed E-state index contributed by atoms with van der Waals surface area (Å²) in [5, 5.41) is 13.5. The number of ether oxygens (including phenoxy) is 1. The van der Waals surface area contributed by atoms with Crippen LogP contribution in [-0.4, -0.2) is 29.1 Å². The van der Waals surface area contributed by atoms with Crippen LogP contribution in [0.3, 0.4) is 0 Å². The van der Waals surface area contributed by atoms with Crippen LogP contribution in [0.2, 0.25) is 0 Å². The van der Waals surface area contributed by atoms with Gasteiger partial charge in [-0.25, -0.2) is 27.3 Å². The van der Waals surface area contributed by atoms with Gasteiger partial charge in [0.1, 0.15) is 17.6 Å². The fourth-order valence-electron chi connectivity index (χ4n) is 1.71. The number of carbonyl (C=O) groups is 1. The first-order chi connectivity index (χ1) is 11.9. The Morgan fingerprint density at radius 1 is 1.32 bits per heavy atom. The fraction of sp³-hybridized carbons (Fsp3) is 0.133. The Bertz CT molecular complexity index is 848. The second-order valence-corrected chi connectivity index (χ2v) is 4.45. The van der Waals surface area contributed by atoms with Crippen molar-refractivity contribution < 1.29 is 36.7 Å². The Kier molecular flexibility index (Phi) is 5.52. The Labute approximate surface area is 138 Å². The van der Waals surface area contributed by atoms with Crippen molar-refractivity contribution in [2.75, 3.05) is 6.61 Å². The molecule has 0 amide bonds. The molecule has 2 aromatic rings. The summed E-state index contributed by atoms with van der Waals surface area (Å²) in [6, 6.07) is 1.50. The van der Waals surface area contributed by atoms with Crippen LogP contribution in [0.4, 0.5) is 23.4 Å². The van der Waals surface area contributed by atoms with E-state index in [-0.39, 0.29) is 18.5 Å². The van der Waals surface area contributed by atoms with Crippen LogP contribution in [0.1, 0.15) is 12.5 Å². The van der Waals surface area contributed by atoms with Gasteiger partial charge in [0, 0.05) is 12.3 Å². The van der Waals surface area contributed by atoms with Gasteiger partial charge >= 0.3 is 5.97 Å². The molecule has 0 spiro atoms. The number of hydrogen-bond donors (Lipinski definition) is 1. The second kappa shape index (κ2) is 7.60. The lowest BCUT2D eigenvalue weighted by molar-refractivity contribution is -0.137. The highest BCUT2D eigenvalue weighted by Crippen LogP contribution is 2.25. The SMILES string of the molecule is CCOC(=O)C(C=Nc1ccon1)=C(O)c1cc(F)c(F)c(F)c1F. The fourth-order valence-corrected chi connectivity index (χ4v) is 1.71. The summed E-state index contributed by atoms with van der Waals surface area (Å²) >= 11 is 0. The van der Waals surface area contributed by atoms with E-state index in [0.29, 0.717) is 0 Å². The highest BCUT2D eigenvalue weighted by Gasteiger charge is 2.25. The zero-order valence-corrected chi connectivity index (χ0v) is 12.6. The molecule has 0 saturated heterocycles. The molecule has 1 heterocycles. The lowest BCUT2D eigenvalue weighted by atomic mass is 10.1. The van der Waals surface area contributed by atoms with Crippen LogP contribution in [-0.2, 0) is 9.53 Å². The highest BCUT2D eigenvalue weighted by molar-refractivity contribution is 6.15. The molecule has 0 radical (unpaired) electrons. The predicted molar refractivity (Wildman–Crippen MR) is 77.1 cm³/mol. The zero-order valence-electron chi connectivity index (χ0n) is 12.6. The molecule has 132 valence electrons. The summed E-state index contributed by atoms with van der Waals surface area (Å²) in [5.41, 5.74) is -1.81. The summed E-state index contributed by atoms with van der Waals surface area (Å²) in [6.45, 7) is 1.35. The van der Waals surface area contributed by atoms with E-state index in [1.165, 1.54) is 19.3 Å². The van der Waals surface area contributed by atoms with Crippen LogP contribution in [0, 0.1) is 23.3 Å². The van der Waals surface area contributed by atoms with Crippen molar-refractivity contribution in [1.29, 1.82) is 0 Å². The summed E-state index contributed by atoms with van der Waals surface area (Å²) < 4.78 is 62.7. The number of nitrogens with zero attached hydrogens (tertiary/aromatic N) is 2. The highest BCUT2D eigenvalue weighted by atomic mass is 19.2. The molecule has 0 bridgehead atoms. The summed E-state index contributed by atoms with van der Waals surface area (Å²) in [4.78, 5) is 15.6. The van der Waals surface area contributed by atoms with Crippen molar-refractivity contribution >= 4 is 23.8 Å². The number of halogens is 4. The van der Waals surface area contributed by atoms with E-state index in [1.807, 2.05) is 0 Å². The Hall–Kier alpha value is -3.17. The Morgan fingerprint density at radius 3 is 2.64 bits per heavy atom. The second-order valence-electron chi connectivity index (χ2n) is 4.45. The molecule has 2 rings (SSSR count).